The molecule has 4 rings (SSSR count). The minimum absolute atomic E-state index is 0.0690. The first-order valence-corrected chi connectivity index (χ1v) is 11.9. The number of benzene rings is 2. The summed E-state index contributed by atoms with van der Waals surface area (Å²) in [6, 6.07) is 14.4. The molecule has 0 radical (unpaired) electrons. The van der Waals surface area contributed by atoms with Crippen LogP contribution >= 0.6 is 0 Å². The summed E-state index contributed by atoms with van der Waals surface area (Å²) >= 11 is 0. The van der Waals surface area contributed by atoms with Crippen molar-refractivity contribution in [1.29, 1.82) is 0 Å². The van der Waals surface area contributed by atoms with Crippen LogP contribution in [0.15, 0.2) is 48.5 Å². The number of carbonyl (C=O) groups excluding carboxylic acids is 2. The fourth-order valence-electron chi connectivity index (χ4n) is 5.32. The Morgan fingerprint density at radius 1 is 1.06 bits per heavy atom. The standard InChI is InChI=1S/C27H34N2O4/c1-17(2)20-13-12-18(3)14-24(20)32-16-26(30)33-25-15-19-8-4-6-10-22(19)29(27(28)31)23-11-7-5-9-21(23)25/h4-11,17-18,20,24-25H,12-16H2,1-3H3,(H2,28,31)/t18-,20+,24-,25?/m1/s1. The van der Waals surface area contributed by atoms with E-state index in [1.54, 1.807) is 0 Å². The lowest BCUT2D eigenvalue weighted by molar-refractivity contribution is -0.160. The molecule has 176 valence electrons. The maximum absolute atomic E-state index is 12.9. The molecule has 0 spiro atoms. The third-order valence-electron chi connectivity index (χ3n) is 7.03. The minimum atomic E-state index is -0.573. The van der Waals surface area contributed by atoms with Crippen molar-refractivity contribution in [2.45, 2.75) is 58.7 Å². The van der Waals surface area contributed by atoms with Crippen molar-refractivity contribution in [3.63, 3.8) is 0 Å². The molecule has 4 atom stereocenters. The van der Waals surface area contributed by atoms with E-state index in [2.05, 4.69) is 20.8 Å². The van der Waals surface area contributed by atoms with Gasteiger partial charge in [0.05, 0.1) is 17.5 Å². The Bertz CT molecular complexity index is 1010. The molecule has 2 aliphatic rings. The van der Waals surface area contributed by atoms with Crippen molar-refractivity contribution < 1.29 is 19.1 Å². The molecular weight excluding hydrogens is 416 g/mol. The molecule has 2 N–H and O–H groups in total. The molecule has 1 aliphatic heterocycles. The number of hydrogen-bond donors (Lipinski definition) is 1. The van der Waals surface area contributed by atoms with Crippen LogP contribution in [-0.4, -0.2) is 24.7 Å². The zero-order valence-electron chi connectivity index (χ0n) is 19.7. The number of amides is 2. The molecule has 0 aromatic heterocycles. The lowest BCUT2D eigenvalue weighted by Gasteiger charge is -2.37. The van der Waals surface area contributed by atoms with Gasteiger partial charge in [-0.25, -0.2) is 9.59 Å². The minimum Gasteiger partial charge on any atom is -0.455 e. The predicted molar refractivity (Wildman–Crippen MR) is 128 cm³/mol. The first-order chi connectivity index (χ1) is 15.8. The molecule has 2 aromatic carbocycles. The second kappa shape index (κ2) is 9.96. The van der Waals surface area contributed by atoms with E-state index < -0.39 is 12.1 Å². The number of nitrogens with zero attached hydrogens (tertiary/aromatic N) is 1. The van der Waals surface area contributed by atoms with Gasteiger partial charge in [0.2, 0.25) is 0 Å². The number of anilines is 2. The topological polar surface area (TPSA) is 81.9 Å². The second-order valence-corrected chi connectivity index (χ2v) is 9.72. The summed E-state index contributed by atoms with van der Waals surface area (Å²) in [7, 11) is 0. The van der Waals surface area contributed by atoms with Gasteiger partial charge in [-0.1, -0.05) is 63.6 Å². The maximum Gasteiger partial charge on any atom is 0.332 e. The van der Waals surface area contributed by atoms with Crippen LogP contribution in [-0.2, 0) is 20.7 Å². The van der Waals surface area contributed by atoms with Gasteiger partial charge in [0, 0.05) is 12.0 Å². The smallest absolute Gasteiger partial charge is 0.332 e. The highest BCUT2D eigenvalue weighted by Gasteiger charge is 2.34. The highest BCUT2D eigenvalue weighted by atomic mass is 16.6. The largest absolute Gasteiger partial charge is 0.455 e. The molecule has 1 fully saturated rings. The molecule has 6 nitrogen and oxygen atoms in total. The number of carbonyl (C=O) groups is 2. The van der Waals surface area contributed by atoms with E-state index in [1.807, 2.05) is 48.5 Å². The molecule has 1 heterocycles. The average molecular weight is 451 g/mol. The van der Waals surface area contributed by atoms with Crippen molar-refractivity contribution in [2.24, 2.45) is 23.5 Å². The summed E-state index contributed by atoms with van der Waals surface area (Å²) in [5.74, 6) is 1.19. The molecule has 0 saturated heterocycles. The summed E-state index contributed by atoms with van der Waals surface area (Å²) < 4.78 is 12.1. The lowest BCUT2D eigenvalue weighted by Crippen LogP contribution is -2.36. The molecule has 0 bridgehead atoms. The van der Waals surface area contributed by atoms with Crippen LogP contribution in [0.5, 0.6) is 0 Å². The Balaban J connectivity index is 1.53. The number of esters is 1. The van der Waals surface area contributed by atoms with Gasteiger partial charge in [-0.05, 0) is 48.3 Å². The predicted octanol–water partition coefficient (Wildman–Crippen LogP) is 5.52. The van der Waals surface area contributed by atoms with Crippen LogP contribution < -0.4 is 10.6 Å². The van der Waals surface area contributed by atoms with Gasteiger partial charge in [0.25, 0.3) is 0 Å². The van der Waals surface area contributed by atoms with Gasteiger partial charge in [-0.3, -0.25) is 4.90 Å². The van der Waals surface area contributed by atoms with Crippen molar-refractivity contribution in [1.82, 2.24) is 0 Å². The van der Waals surface area contributed by atoms with Gasteiger partial charge in [0.15, 0.2) is 0 Å². The monoisotopic (exact) mass is 450 g/mol. The summed E-state index contributed by atoms with van der Waals surface area (Å²) in [5.41, 5.74) is 8.75. The molecule has 1 aliphatic carbocycles. The Hall–Kier alpha value is -2.86. The summed E-state index contributed by atoms with van der Waals surface area (Å²) in [5, 5.41) is 0. The number of fused-ring (bicyclic) bond motifs is 2. The zero-order valence-corrected chi connectivity index (χ0v) is 19.7. The van der Waals surface area contributed by atoms with E-state index in [0.29, 0.717) is 35.5 Å². The number of urea groups is 1. The van der Waals surface area contributed by atoms with E-state index in [4.69, 9.17) is 15.2 Å². The number of para-hydroxylation sites is 2. The van der Waals surface area contributed by atoms with Crippen molar-refractivity contribution in [3.8, 4) is 0 Å². The van der Waals surface area contributed by atoms with Gasteiger partial charge >= 0.3 is 12.0 Å². The normalized spacial score (nSPS) is 24.5. The first kappa shape index (κ1) is 23.3. The molecule has 33 heavy (non-hydrogen) atoms. The third-order valence-corrected chi connectivity index (χ3v) is 7.03. The molecule has 2 amide bonds. The number of ether oxygens (including phenoxy) is 2. The number of rotatable bonds is 5. The van der Waals surface area contributed by atoms with E-state index in [-0.39, 0.29) is 18.7 Å². The zero-order chi connectivity index (χ0) is 23.5. The molecule has 1 unspecified atom stereocenters. The number of nitrogens with two attached hydrogens (primary N) is 1. The molecular formula is C27H34N2O4. The van der Waals surface area contributed by atoms with Gasteiger partial charge in [0.1, 0.15) is 12.7 Å². The summed E-state index contributed by atoms with van der Waals surface area (Å²) in [4.78, 5) is 26.8. The molecule has 2 aromatic rings. The highest BCUT2D eigenvalue weighted by Crippen LogP contribution is 2.41. The van der Waals surface area contributed by atoms with Crippen molar-refractivity contribution in [2.75, 3.05) is 11.5 Å². The Labute approximate surface area is 196 Å². The molecule has 1 saturated carbocycles. The Morgan fingerprint density at radius 3 is 2.48 bits per heavy atom. The number of hydrogen-bond acceptors (Lipinski definition) is 4. The van der Waals surface area contributed by atoms with Gasteiger partial charge < -0.3 is 15.2 Å². The van der Waals surface area contributed by atoms with E-state index in [9.17, 15) is 9.59 Å². The summed E-state index contributed by atoms with van der Waals surface area (Å²) in [6.07, 6.45) is 3.32. The van der Waals surface area contributed by atoms with E-state index >= 15 is 0 Å². The van der Waals surface area contributed by atoms with Crippen LogP contribution in [0.2, 0.25) is 0 Å². The quantitative estimate of drug-likeness (QED) is 0.608. The second-order valence-electron chi connectivity index (χ2n) is 9.72. The van der Waals surface area contributed by atoms with Crippen LogP contribution in [0.1, 0.15) is 57.3 Å². The Morgan fingerprint density at radius 2 is 1.76 bits per heavy atom. The van der Waals surface area contributed by atoms with Gasteiger partial charge in [-0.15, -0.1) is 0 Å². The van der Waals surface area contributed by atoms with Crippen LogP contribution in [0.3, 0.4) is 0 Å². The van der Waals surface area contributed by atoms with Gasteiger partial charge in [-0.2, -0.15) is 0 Å². The van der Waals surface area contributed by atoms with E-state index in [1.165, 1.54) is 11.3 Å². The molecule has 6 heteroatoms. The SMILES string of the molecule is CC(C)[C@@H]1CC[C@@H](C)C[C@H]1OCC(=O)OC1Cc2ccccc2N(C(N)=O)c2ccccc21. The maximum atomic E-state index is 12.9. The van der Waals surface area contributed by atoms with Crippen molar-refractivity contribution in [3.05, 3.63) is 59.7 Å². The fourth-order valence-corrected chi connectivity index (χ4v) is 5.32. The fraction of sp³-hybridized carbons (Fsp3) is 0.481. The third kappa shape index (κ3) is 5.06. The van der Waals surface area contributed by atoms with Crippen molar-refractivity contribution >= 4 is 23.4 Å². The lowest BCUT2D eigenvalue weighted by atomic mass is 9.75. The highest BCUT2D eigenvalue weighted by molar-refractivity contribution is 6.00. The van der Waals surface area contributed by atoms with Crippen LogP contribution in [0.25, 0.3) is 0 Å². The van der Waals surface area contributed by atoms with E-state index in [0.717, 1.165) is 24.0 Å². The van der Waals surface area contributed by atoms with Crippen LogP contribution in [0.4, 0.5) is 16.2 Å². The number of primary amides is 1. The van der Waals surface area contributed by atoms with Crippen LogP contribution in [0, 0.1) is 17.8 Å². The summed E-state index contributed by atoms with van der Waals surface area (Å²) in [6.45, 7) is 6.62. The average Bonchev–Trinajstić information content (AvgIpc) is 2.92. The Kier molecular flexibility index (Phi) is 7.03. The first-order valence-electron chi connectivity index (χ1n) is 11.9.